The lowest BCUT2D eigenvalue weighted by Gasteiger charge is -2.39. The van der Waals surface area contributed by atoms with Gasteiger partial charge in [0.2, 0.25) is 0 Å². The minimum Gasteiger partial charge on any atom is -0.356 e. The van der Waals surface area contributed by atoms with E-state index in [1.54, 1.807) is 11.3 Å². The highest BCUT2D eigenvalue weighted by Gasteiger charge is 2.28. The van der Waals surface area contributed by atoms with Crippen LogP contribution >= 0.6 is 23.1 Å². The molecule has 0 spiro atoms. The SMILES string of the molecule is CN=C(NCCc1csc(N2CCCC2)n1)N1CCSC(C)(C)C1. The van der Waals surface area contributed by atoms with E-state index < -0.39 is 0 Å². The summed E-state index contributed by atoms with van der Waals surface area (Å²) in [6.45, 7) is 9.97. The van der Waals surface area contributed by atoms with Gasteiger partial charge in [-0.25, -0.2) is 4.98 Å². The Balaban J connectivity index is 1.48. The Hall–Kier alpha value is -0.950. The minimum atomic E-state index is 0.301. The molecule has 0 radical (unpaired) electrons. The number of nitrogens with zero attached hydrogens (tertiary/aromatic N) is 4. The number of thioether (sulfide) groups is 1. The van der Waals surface area contributed by atoms with Gasteiger partial charge in [-0.1, -0.05) is 0 Å². The van der Waals surface area contributed by atoms with Crippen molar-refractivity contribution in [3.8, 4) is 0 Å². The van der Waals surface area contributed by atoms with Crippen LogP contribution in [0.25, 0.3) is 0 Å². The molecule has 0 saturated carbocycles. The molecule has 0 aliphatic carbocycles. The first-order valence-corrected chi connectivity index (χ1v) is 10.7. The standard InChI is InChI=1S/C17H29N5S2/c1-17(2)13-22(10-11-24-17)15(18-3)19-7-6-14-12-23-16(20-14)21-8-4-5-9-21/h12H,4-11,13H2,1-3H3,(H,18,19). The zero-order valence-electron chi connectivity index (χ0n) is 15.0. The number of anilines is 1. The predicted molar refractivity (Wildman–Crippen MR) is 107 cm³/mol. The summed E-state index contributed by atoms with van der Waals surface area (Å²) in [4.78, 5) is 14.1. The number of guanidine groups is 1. The van der Waals surface area contributed by atoms with Crippen LogP contribution in [0.2, 0.25) is 0 Å². The number of thiazole rings is 1. The maximum absolute atomic E-state index is 4.80. The topological polar surface area (TPSA) is 43.8 Å². The Bertz CT molecular complexity index is 563. The Kier molecular flexibility index (Phi) is 5.92. The van der Waals surface area contributed by atoms with Crippen LogP contribution in [0.3, 0.4) is 0 Å². The number of hydrogen-bond donors (Lipinski definition) is 1. The van der Waals surface area contributed by atoms with Gasteiger partial charge >= 0.3 is 0 Å². The summed E-state index contributed by atoms with van der Waals surface area (Å²) in [6.07, 6.45) is 3.56. The van der Waals surface area contributed by atoms with Crippen LogP contribution in [0, 0.1) is 0 Å². The number of hydrogen-bond acceptors (Lipinski definition) is 5. The highest BCUT2D eigenvalue weighted by Crippen LogP contribution is 2.29. The third-order valence-electron chi connectivity index (χ3n) is 4.52. The van der Waals surface area contributed by atoms with Crippen molar-refractivity contribution in [3.63, 3.8) is 0 Å². The van der Waals surface area contributed by atoms with E-state index in [9.17, 15) is 0 Å². The average molecular weight is 368 g/mol. The van der Waals surface area contributed by atoms with Crippen molar-refractivity contribution < 1.29 is 0 Å². The summed E-state index contributed by atoms with van der Waals surface area (Å²) in [5, 5.41) is 6.92. The molecule has 3 rings (SSSR count). The third kappa shape index (κ3) is 4.57. The van der Waals surface area contributed by atoms with Crippen LogP contribution in [0.15, 0.2) is 10.4 Å². The van der Waals surface area contributed by atoms with E-state index in [-0.39, 0.29) is 0 Å². The predicted octanol–water partition coefficient (Wildman–Crippen LogP) is 2.69. The zero-order valence-corrected chi connectivity index (χ0v) is 16.7. The normalized spacial score (nSPS) is 21.4. The minimum absolute atomic E-state index is 0.301. The quantitative estimate of drug-likeness (QED) is 0.655. The molecular weight excluding hydrogens is 338 g/mol. The summed E-state index contributed by atoms with van der Waals surface area (Å²) >= 11 is 3.83. The highest BCUT2D eigenvalue weighted by molar-refractivity contribution is 8.00. The first-order valence-electron chi connectivity index (χ1n) is 8.86. The van der Waals surface area contributed by atoms with Crippen LogP contribution < -0.4 is 10.2 Å². The molecule has 7 heteroatoms. The van der Waals surface area contributed by atoms with Crippen LogP contribution in [0.4, 0.5) is 5.13 Å². The molecule has 1 aromatic rings. The molecule has 0 bridgehead atoms. The van der Waals surface area contributed by atoms with Gasteiger partial charge < -0.3 is 15.1 Å². The number of nitrogens with one attached hydrogen (secondary N) is 1. The molecule has 1 N–H and O–H groups in total. The molecule has 1 aromatic heterocycles. The molecule has 2 aliphatic rings. The highest BCUT2D eigenvalue weighted by atomic mass is 32.2. The zero-order chi connectivity index (χ0) is 17.0. The summed E-state index contributed by atoms with van der Waals surface area (Å²) in [6, 6.07) is 0. The van der Waals surface area contributed by atoms with E-state index in [1.165, 1.54) is 42.5 Å². The van der Waals surface area contributed by atoms with E-state index in [0.29, 0.717) is 4.75 Å². The van der Waals surface area contributed by atoms with Gasteiger partial charge in [-0.15, -0.1) is 11.3 Å². The van der Waals surface area contributed by atoms with E-state index in [2.05, 4.69) is 39.3 Å². The summed E-state index contributed by atoms with van der Waals surface area (Å²) in [5.41, 5.74) is 1.19. The molecule has 2 fully saturated rings. The van der Waals surface area contributed by atoms with Crippen molar-refractivity contribution in [1.82, 2.24) is 15.2 Å². The molecule has 0 amide bonds. The van der Waals surface area contributed by atoms with Crippen molar-refractivity contribution in [2.45, 2.75) is 37.9 Å². The summed E-state index contributed by atoms with van der Waals surface area (Å²) in [7, 11) is 1.88. The van der Waals surface area contributed by atoms with Gasteiger partial charge in [-0.3, -0.25) is 4.99 Å². The molecule has 2 aliphatic heterocycles. The van der Waals surface area contributed by atoms with Crippen molar-refractivity contribution in [1.29, 1.82) is 0 Å². The van der Waals surface area contributed by atoms with Gasteiger partial charge in [0.25, 0.3) is 0 Å². The van der Waals surface area contributed by atoms with Crippen LogP contribution in [-0.2, 0) is 6.42 Å². The molecular formula is C17H29N5S2. The monoisotopic (exact) mass is 367 g/mol. The summed E-state index contributed by atoms with van der Waals surface area (Å²) in [5.74, 6) is 2.19. The van der Waals surface area contributed by atoms with Gasteiger partial charge in [-0.05, 0) is 26.7 Å². The average Bonchev–Trinajstić information content (AvgIpc) is 3.21. The lowest BCUT2D eigenvalue weighted by atomic mass is 10.2. The maximum Gasteiger partial charge on any atom is 0.193 e. The molecule has 0 aromatic carbocycles. The van der Waals surface area contributed by atoms with E-state index in [1.807, 2.05) is 18.8 Å². The van der Waals surface area contributed by atoms with Gasteiger partial charge in [-0.2, -0.15) is 11.8 Å². The van der Waals surface area contributed by atoms with Crippen molar-refractivity contribution in [2.75, 3.05) is 50.4 Å². The van der Waals surface area contributed by atoms with Crippen LogP contribution in [0.5, 0.6) is 0 Å². The number of rotatable bonds is 4. The van der Waals surface area contributed by atoms with Gasteiger partial charge in [0, 0.05) is 62.1 Å². The largest absolute Gasteiger partial charge is 0.356 e. The Labute approximate surface area is 153 Å². The van der Waals surface area contributed by atoms with Gasteiger partial charge in [0.05, 0.1) is 5.69 Å². The molecule has 24 heavy (non-hydrogen) atoms. The first-order chi connectivity index (χ1) is 11.6. The molecule has 0 atom stereocenters. The van der Waals surface area contributed by atoms with Crippen LogP contribution in [0.1, 0.15) is 32.4 Å². The van der Waals surface area contributed by atoms with Crippen LogP contribution in [-0.4, -0.2) is 66.1 Å². The Morgan fingerprint density at radius 3 is 2.83 bits per heavy atom. The maximum atomic E-state index is 4.80. The van der Waals surface area contributed by atoms with Crippen molar-refractivity contribution >= 4 is 34.2 Å². The second-order valence-electron chi connectivity index (χ2n) is 7.07. The lowest BCUT2D eigenvalue weighted by molar-refractivity contribution is 0.376. The first kappa shape index (κ1) is 17.9. The van der Waals surface area contributed by atoms with E-state index >= 15 is 0 Å². The second-order valence-corrected chi connectivity index (χ2v) is 9.71. The van der Waals surface area contributed by atoms with Gasteiger partial charge in [0.1, 0.15) is 0 Å². The summed E-state index contributed by atoms with van der Waals surface area (Å²) < 4.78 is 0.301. The smallest absolute Gasteiger partial charge is 0.193 e. The molecule has 0 unspecified atom stereocenters. The third-order valence-corrected chi connectivity index (χ3v) is 6.76. The van der Waals surface area contributed by atoms with Crippen molar-refractivity contribution in [3.05, 3.63) is 11.1 Å². The lowest BCUT2D eigenvalue weighted by Crippen LogP contribution is -2.51. The fourth-order valence-corrected chi connectivity index (χ4v) is 5.32. The molecule has 5 nitrogen and oxygen atoms in total. The molecule has 2 saturated heterocycles. The Morgan fingerprint density at radius 2 is 2.12 bits per heavy atom. The molecule has 134 valence electrons. The fraction of sp³-hybridized carbons (Fsp3) is 0.765. The second kappa shape index (κ2) is 7.95. The van der Waals surface area contributed by atoms with Crippen molar-refractivity contribution in [2.24, 2.45) is 4.99 Å². The number of aliphatic imine (C=N–C) groups is 1. The fourth-order valence-electron chi connectivity index (χ4n) is 3.30. The Morgan fingerprint density at radius 1 is 1.33 bits per heavy atom. The molecule has 3 heterocycles. The van der Waals surface area contributed by atoms with Gasteiger partial charge in [0.15, 0.2) is 11.1 Å². The van der Waals surface area contributed by atoms with E-state index in [4.69, 9.17) is 4.98 Å². The van der Waals surface area contributed by atoms with E-state index in [0.717, 1.165) is 32.0 Å². The number of aromatic nitrogens is 1.